The molecule has 0 amide bonds. The number of hydrogen-bond donors (Lipinski definition) is 1. The first-order valence-electron chi connectivity index (χ1n) is 7.27. The third-order valence-electron chi connectivity index (χ3n) is 3.93. The zero-order valence-corrected chi connectivity index (χ0v) is 13.0. The molecule has 1 aliphatic carbocycles. The van der Waals surface area contributed by atoms with E-state index in [4.69, 9.17) is 0 Å². The lowest BCUT2D eigenvalue weighted by molar-refractivity contribution is 1.09. The van der Waals surface area contributed by atoms with E-state index >= 15 is 0 Å². The van der Waals surface area contributed by atoms with Crippen LogP contribution in [0.4, 0.5) is 5.69 Å². The Balaban J connectivity index is 1.80. The van der Waals surface area contributed by atoms with Crippen LogP contribution in [0.25, 0.3) is 0 Å². The zero-order valence-electron chi connectivity index (χ0n) is 12.1. The Hall–Kier alpha value is -1.41. The van der Waals surface area contributed by atoms with Crippen LogP contribution in [0, 0.1) is 6.92 Å². The highest BCUT2D eigenvalue weighted by Crippen LogP contribution is 2.43. The minimum absolute atomic E-state index is 0.826. The Labute approximate surface area is 125 Å². The summed E-state index contributed by atoms with van der Waals surface area (Å²) in [7, 11) is 2.00. The van der Waals surface area contributed by atoms with Crippen LogP contribution in [-0.4, -0.2) is 7.05 Å². The van der Waals surface area contributed by atoms with Gasteiger partial charge >= 0.3 is 0 Å². The second-order valence-corrected chi connectivity index (χ2v) is 6.45. The molecule has 0 unspecified atom stereocenters. The molecule has 1 fully saturated rings. The number of anilines is 1. The average Bonchev–Trinajstić information content (AvgIpc) is 3.30. The van der Waals surface area contributed by atoms with Crippen molar-refractivity contribution in [2.45, 2.75) is 36.3 Å². The molecule has 0 spiro atoms. The number of rotatable bonds is 5. The summed E-state index contributed by atoms with van der Waals surface area (Å²) in [6, 6.07) is 15.4. The Kier molecular flexibility index (Phi) is 4.02. The van der Waals surface area contributed by atoms with E-state index in [1.807, 2.05) is 18.8 Å². The van der Waals surface area contributed by atoms with Gasteiger partial charge in [-0.2, -0.15) is 0 Å². The van der Waals surface area contributed by atoms with Gasteiger partial charge in [0, 0.05) is 23.4 Å². The molecule has 0 bridgehead atoms. The maximum atomic E-state index is 3.30. The van der Waals surface area contributed by atoms with Gasteiger partial charge in [0.2, 0.25) is 0 Å². The fourth-order valence-electron chi connectivity index (χ4n) is 2.65. The number of benzene rings is 2. The van der Waals surface area contributed by atoms with Crippen molar-refractivity contribution in [2.24, 2.45) is 0 Å². The molecule has 104 valence electrons. The predicted molar refractivity (Wildman–Crippen MR) is 88.7 cm³/mol. The molecular formula is C18H21NS. The van der Waals surface area contributed by atoms with Gasteiger partial charge in [0.15, 0.2) is 0 Å². The summed E-state index contributed by atoms with van der Waals surface area (Å²) in [4.78, 5) is 1.38. The third-order valence-corrected chi connectivity index (χ3v) is 5.21. The summed E-state index contributed by atoms with van der Waals surface area (Å²) in [6.45, 7) is 2.19. The molecule has 20 heavy (non-hydrogen) atoms. The van der Waals surface area contributed by atoms with Gasteiger partial charge in [-0.05, 0) is 48.4 Å². The van der Waals surface area contributed by atoms with Crippen LogP contribution in [0.5, 0.6) is 0 Å². The lowest BCUT2D eigenvalue weighted by Gasteiger charge is -2.13. The SMILES string of the molecule is CNc1cccc(C)c1SCc1ccccc1C1CC1. The van der Waals surface area contributed by atoms with Gasteiger partial charge in [-0.3, -0.25) is 0 Å². The largest absolute Gasteiger partial charge is 0.387 e. The topological polar surface area (TPSA) is 12.0 Å². The molecule has 2 aromatic carbocycles. The molecule has 0 saturated heterocycles. The monoisotopic (exact) mass is 283 g/mol. The molecule has 1 N–H and O–H groups in total. The van der Waals surface area contributed by atoms with Gasteiger partial charge in [-0.1, -0.05) is 36.4 Å². The smallest absolute Gasteiger partial charge is 0.0478 e. The number of hydrogen-bond acceptors (Lipinski definition) is 2. The van der Waals surface area contributed by atoms with Gasteiger partial charge in [-0.15, -0.1) is 11.8 Å². The van der Waals surface area contributed by atoms with Gasteiger partial charge in [0.05, 0.1) is 0 Å². The van der Waals surface area contributed by atoms with Crippen molar-refractivity contribution in [1.29, 1.82) is 0 Å². The average molecular weight is 283 g/mol. The minimum Gasteiger partial charge on any atom is -0.387 e. The van der Waals surface area contributed by atoms with E-state index in [1.54, 1.807) is 5.56 Å². The quantitative estimate of drug-likeness (QED) is 0.756. The number of nitrogens with one attached hydrogen (secondary N) is 1. The predicted octanol–water partition coefficient (Wildman–Crippen LogP) is 5.21. The molecular weight excluding hydrogens is 262 g/mol. The van der Waals surface area contributed by atoms with E-state index in [1.165, 1.54) is 34.6 Å². The molecule has 1 nitrogen and oxygen atoms in total. The maximum Gasteiger partial charge on any atom is 0.0478 e. The van der Waals surface area contributed by atoms with Crippen molar-refractivity contribution in [3.8, 4) is 0 Å². The van der Waals surface area contributed by atoms with Crippen molar-refractivity contribution < 1.29 is 0 Å². The standard InChI is InChI=1S/C18H21NS/c1-13-6-5-9-17(19-2)18(13)20-12-15-7-3-4-8-16(15)14-10-11-14/h3-9,14,19H,10-12H2,1-2H3. The Morgan fingerprint density at radius 1 is 1.10 bits per heavy atom. The number of aryl methyl sites for hydroxylation is 1. The minimum atomic E-state index is 0.826. The van der Waals surface area contributed by atoms with E-state index in [0.717, 1.165) is 11.7 Å². The lowest BCUT2D eigenvalue weighted by atomic mass is 10.1. The molecule has 1 saturated carbocycles. The van der Waals surface area contributed by atoms with E-state index in [0.29, 0.717) is 0 Å². The van der Waals surface area contributed by atoms with Crippen LogP contribution in [0.2, 0.25) is 0 Å². The Morgan fingerprint density at radius 2 is 1.90 bits per heavy atom. The normalized spacial score (nSPS) is 14.3. The summed E-state index contributed by atoms with van der Waals surface area (Å²) >= 11 is 1.95. The molecule has 0 aromatic heterocycles. The van der Waals surface area contributed by atoms with Gasteiger partial charge in [0.25, 0.3) is 0 Å². The van der Waals surface area contributed by atoms with E-state index in [9.17, 15) is 0 Å². The van der Waals surface area contributed by atoms with Crippen molar-refractivity contribution in [3.05, 3.63) is 59.2 Å². The summed E-state index contributed by atoms with van der Waals surface area (Å²) < 4.78 is 0. The van der Waals surface area contributed by atoms with E-state index in [2.05, 4.69) is 54.7 Å². The van der Waals surface area contributed by atoms with Crippen LogP contribution in [0.3, 0.4) is 0 Å². The van der Waals surface area contributed by atoms with Gasteiger partial charge in [0.1, 0.15) is 0 Å². The fraction of sp³-hybridized carbons (Fsp3) is 0.333. The summed E-state index contributed by atoms with van der Waals surface area (Å²) in [6.07, 6.45) is 2.74. The van der Waals surface area contributed by atoms with Crippen molar-refractivity contribution in [2.75, 3.05) is 12.4 Å². The molecule has 3 rings (SSSR count). The van der Waals surface area contributed by atoms with Crippen molar-refractivity contribution >= 4 is 17.4 Å². The highest BCUT2D eigenvalue weighted by atomic mass is 32.2. The zero-order chi connectivity index (χ0) is 13.9. The Morgan fingerprint density at radius 3 is 2.65 bits per heavy atom. The van der Waals surface area contributed by atoms with Crippen LogP contribution < -0.4 is 5.32 Å². The second-order valence-electron chi connectivity index (χ2n) is 5.46. The van der Waals surface area contributed by atoms with Crippen LogP contribution >= 0.6 is 11.8 Å². The van der Waals surface area contributed by atoms with Crippen LogP contribution in [-0.2, 0) is 5.75 Å². The summed E-state index contributed by atoms with van der Waals surface area (Å²) in [5.41, 5.74) is 5.66. The highest BCUT2D eigenvalue weighted by molar-refractivity contribution is 7.98. The van der Waals surface area contributed by atoms with Crippen LogP contribution in [0.1, 0.15) is 35.4 Å². The fourth-order valence-corrected chi connectivity index (χ4v) is 3.83. The molecule has 1 aliphatic rings. The molecule has 0 radical (unpaired) electrons. The first-order valence-corrected chi connectivity index (χ1v) is 8.26. The summed E-state index contributed by atoms with van der Waals surface area (Å²) in [5, 5.41) is 3.30. The molecule has 2 heteroatoms. The molecule has 0 heterocycles. The Bertz CT molecular complexity index is 602. The van der Waals surface area contributed by atoms with Gasteiger partial charge < -0.3 is 5.32 Å². The second kappa shape index (κ2) is 5.92. The van der Waals surface area contributed by atoms with Gasteiger partial charge in [-0.25, -0.2) is 0 Å². The lowest BCUT2D eigenvalue weighted by Crippen LogP contribution is -1.94. The van der Waals surface area contributed by atoms with Crippen molar-refractivity contribution in [1.82, 2.24) is 0 Å². The maximum absolute atomic E-state index is 3.30. The third kappa shape index (κ3) is 2.85. The van der Waals surface area contributed by atoms with E-state index in [-0.39, 0.29) is 0 Å². The first kappa shape index (κ1) is 13.6. The molecule has 0 atom stereocenters. The van der Waals surface area contributed by atoms with Crippen molar-refractivity contribution in [3.63, 3.8) is 0 Å². The number of thioether (sulfide) groups is 1. The summed E-state index contributed by atoms with van der Waals surface area (Å²) in [5.74, 6) is 1.89. The highest BCUT2D eigenvalue weighted by Gasteiger charge is 2.25. The van der Waals surface area contributed by atoms with E-state index < -0.39 is 0 Å². The molecule has 0 aliphatic heterocycles. The van der Waals surface area contributed by atoms with Crippen LogP contribution in [0.15, 0.2) is 47.4 Å². The first-order chi connectivity index (χ1) is 9.79. The molecule has 2 aromatic rings.